The van der Waals surface area contributed by atoms with Crippen molar-refractivity contribution < 1.29 is 4.74 Å². The molecule has 0 aliphatic heterocycles. The summed E-state index contributed by atoms with van der Waals surface area (Å²) < 4.78 is 5.74. The van der Waals surface area contributed by atoms with Crippen LogP contribution in [0.5, 0.6) is 5.75 Å². The van der Waals surface area contributed by atoms with Gasteiger partial charge in [-0.05, 0) is 37.5 Å². The van der Waals surface area contributed by atoms with Crippen LogP contribution in [-0.2, 0) is 6.42 Å². The number of aryl methyl sites for hydroxylation is 1. The summed E-state index contributed by atoms with van der Waals surface area (Å²) in [5.41, 5.74) is 1.19. The molecule has 0 spiro atoms. The Kier molecular flexibility index (Phi) is 10.7. The van der Waals surface area contributed by atoms with Crippen molar-refractivity contribution in [3.05, 3.63) is 45.9 Å². The molecule has 0 fully saturated rings. The van der Waals surface area contributed by atoms with Crippen molar-refractivity contribution in [2.24, 2.45) is 10.9 Å². The van der Waals surface area contributed by atoms with Crippen LogP contribution < -0.4 is 15.4 Å². The zero-order valence-corrected chi connectivity index (χ0v) is 19.9. The second-order valence-corrected chi connectivity index (χ2v) is 8.07. The standard InChI is InChI=1S/C20H30N4OS.HI/c1-14(2)13-25-18-8-6-17(7-9-18)16(4)24-20(21-5)22-11-10-19-23-12-15(3)26-19;/h6-9,12,14,16H,10-11,13H2,1-5H3,(H2,21,22,24);1H. The molecule has 1 heterocycles. The fourth-order valence-corrected chi connectivity index (χ4v) is 3.19. The molecule has 0 aliphatic rings. The van der Waals surface area contributed by atoms with Crippen molar-refractivity contribution in [3.63, 3.8) is 0 Å². The van der Waals surface area contributed by atoms with Crippen LogP contribution in [0.4, 0.5) is 0 Å². The largest absolute Gasteiger partial charge is 0.493 e. The Morgan fingerprint density at radius 3 is 2.48 bits per heavy atom. The summed E-state index contributed by atoms with van der Waals surface area (Å²) in [7, 11) is 1.79. The van der Waals surface area contributed by atoms with Gasteiger partial charge in [-0.2, -0.15) is 0 Å². The summed E-state index contributed by atoms with van der Waals surface area (Å²) in [5, 5.41) is 7.93. The Bertz CT molecular complexity index is 700. The van der Waals surface area contributed by atoms with Crippen molar-refractivity contribution in [1.82, 2.24) is 15.6 Å². The summed E-state index contributed by atoms with van der Waals surface area (Å²) >= 11 is 1.74. The number of guanidine groups is 1. The van der Waals surface area contributed by atoms with Crippen LogP contribution in [0.15, 0.2) is 35.5 Å². The highest BCUT2D eigenvalue weighted by Gasteiger charge is 2.08. The molecule has 5 nitrogen and oxygen atoms in total. The predicted octanol–water partition coefficient (Wildman–Crippen LogP) is 4.57. The van der Waals surface area contributed by atoms with Gasteiger partial charge in [-0.1, -0.05) is 26.0 Å². The highest BCUT2D eigenvalue weighted by atomic mass is 127. The van der Waals surface area contributed by atoms with E-state index in [1.54, 1.807) is 18.4 Å². The second-order valence-electron chi connectivity index (χ2n) is 6.75. The van der Waals surface area contributed by atoms with Crippen molar-refractivity contribution in [2.75, 3.05) is 20.2 Å². The van der Waals surface area contributed by atoms with Crippen molar-refractivity contribution in [1.29, 1.82) is 0 Å². The van der Waals surface area contributed by atoms with Gasteiger partial charge in [0, 0.05) is 31.1 Å². The maximum Gasteiger partial charge on any atom is 0.191 e. The maximum atomic E-state index is 5.74. The Morgan fingerprint density at radius 2 is 1.93 bits per heavy atom. The molecule has 0 amide bonds. The molecule has 0 aliphatic carbocycles. The minimum atomic E-state index is 0. The zero-order valence-electron chi connectivity index (χ0n) is 16.8. The van der Waals surface area contributed by atoms with Gasteiger partial charge in [0.2, 0.25) is 0 Å². The van der Waals surface area contributed by atoms with Gasteiger partial charge in [-0.25, -0.2) is 4.98 Å². The van der Waals surface area contributed by atoms with Crippen molar-refractivity contribution in [3.8, 4) is 5.75 Å². The summed E-state index contributed by atoms with van der Waals surface area (Å²) in [6.07, 6.45) is 2.82. The predicted molar refractivity (Wildman–Crippen MR) is 126 cm³/mol. The molecule has 1 unspecified atom stereocenters. The molecule has 0 bridgehead atoms. The first kappa shape index (κ1) is 23.7. The molecule has 0 saturated carbocycles. The van der Waals surface area contributed by atoms with E-state index in [1.165, 1.54) is 10.4 Å². The molecule has 0 saturated heterocycles. The van der Waals surface area contributed by atoms with Gasteiger partial charge in [-0.3, -0.25) is 4.99 Å². The van der Waals surface area contributed by atoms with Gasteiger partial charge in [0.25, 0.3) is 0 Å². The Morgan fingerprint density at radius 1 is 1.22 bits per heavy atom. The SMILES string of the molecule is CN=C(NCCc1ncc(C)s1)NC(C)c1ccc(OCC(C)C)cc1.I. The number of halogens is 1. The quantitative estimate of drug-likeness (QED) is 0.316. The number of hydrogen-bond donors (Lipinski definition) is 2. The van der Waals surface area contributed by atoms with E-state index in [-0.39, 0.29) is 30.0 Å². The van der Waals surface area contributed by atoms with E-state index in [2.05, 4.69) is 60.4 Å². The van der Waals surface area contributed by atoms with Gasteiger partial charge < -0.3 is 15.4 Å². The highest BCUT2D eigenvalue weighted by Crippen LogP contribution is 2.18. The van der Waals surface area contributed by atoms with Gasteiger partial charge in [-0.15, -0.1) is 35.3 Å². The van der Waals surface area contributed by atoms with Crippen molar-refractivity contribution >= 4 is 41.3 Å². The number of nitrogens with zero attached hydrogens (tertiary/aromatic N) is 2. The molecule has 1 atom stereocenters. The number of aromatic nitrogens is 1. The number of aliphatic imine (C=N–C) groups is 1. The monoisotopic (exact) mass is 502 g/mol. The number of ether oxygens (including phenoxy) is 1. The average Bonchev–Trinajstić information content (AvgIpc) is 3.04. The first-order valence-corrected chi connectivity index (χ1v) is 9.90. The van der Waals surface area contributed by atoms with Crippen LogP contribution in [-0.4, -0.2) is 31.1 Å². The van der Waals surface area contributed by atoms with Gasteiger partial charge in [0.1, 0.15) is 5.75 Å². The van der Waals surface area contributed by atoms with Crippen LogP contribution in [0.3, 0.4) is 0 Å². The molecule has 0 radical (unpaired) electrons. The van der Waals surface area contributed by atoms with Crippen LogP contribution in [0, 0.1) is 12.8 Å². The van der Waals surface area contributed by atoms with Crippen LogP contribution in [0.2, 0.25) is 0 Å². The average molecular weight is 502 g/mol. The summed E-state index contributed by atoms with van der Waals surface area (Å²) in [5.74, 6) is 2.24. The lowest BCUT2D eigenvalue weighted by Crippen LogP contribution is -2.39. The first-order chi connectivity index (χ1) is 12.5. The Hall–Kier alpha value is -1.35. The molecular weight excluding hydrogens is 471 g/mol. The van der Waals surface area contributed by atoms with E-state index in [0.29, 0.717) is 5.92 Å². The molecule has 7 heteroatoms. The van der Waals surface area contributed by atoms with Crippen LogP contribution >= 0.6 is 35.3 Å². The number of benzene rings is 1. The lowest BCUT2D eigenvalue weighted by molar-refractivity contribution is 0.271. The maximum absolute atomic E-state index is 5.74. The Balaban J connectivity index is 0.00000364. The Labute approximate surface area is 184 Å². The van der Waals surface area contributed by atoms with E-state index in [4.69, 9.17) is 4.74 Å². The lowest BCUT2D eigenvalue weighted by atomic mass is 10.1. The number of rotatable bonds is 8. The van der Waals surface area contributed by atoms with Crippen LogP contribution in [0.1, 0.15) is 42.3 Å². The number of hydrogen-bond acceptors (Lipinski definition) is 4. The van der Waals surface area contributed by atoms with E-state index in [1.807, 2.05) is 18.3 Å². The normalized spacial score (nSPS) is 12.4. The summed E-state index contributed by atoms with van der Waals surface area (Å²) in [6.45, 7) is 10.0. The third kappa shape index (κ3) is 8.47. The topological polar surface area (TPSA) is 58.5 Å². The van der Waals surface area contributed by atoms with E-state index in [9.17, 15) is 0 Å². The minimum Gasteiger partial charge on any atom is -0.493 e. The third-order valence-electron chi connectivity index (χ3n) is 3.84. The number of thiazole rings is 1. The van der Waals surface area contributed by atoms with Crippen molar-refractivity contribution in [2.45, 2.75) is 40.2 Å². The minimum absolute atomic E-state index is 0. The molecule has 2 N–H and O–H groups in total. The van der Waals surface area contributed by atoms with Gasteiger partial charge in [0.05, 0.1) is 17.7 Å². The molecule has 27 heavy (non-hydrogen) atoms. The molecule has 1 aromatic carbocycles. The summed E-state index contributed by atoms with van der Waals surface area (Å²) in [4.78, 5) is 9.94. The lowest BCUT2D eigenvalue weighted by Gasteiger charge is -2.18. The molecule has 2 rings (SSSR count). The number of nitrogens with one attached hydrogen (secondary N) is 2. The fourth-order valence-electron chi connectivity index (χ4n) is 2.40. The van der Waals surface area contributed by atoms with E-state index < -0.39 is 0 Å². The zero-order chi connectivity index (χ0) is 18.9. The third-order valence-corrected chi connectivity index (χ3v) is 4.81. The first-order valence-electron chi connectivity index (χ1n) is 9.09. The van der Waals surface area contributed by atoms with E-state index in [0.717, 1.165) is 36.3 Å². The summed E-state index contributed by atoms with van der Waals surface area (Å²) in [6, 6.07) is 8.40. The fraction of sp³-hybridized carbons (Fsp3) is 0.500. The van der Waals surface area contributed by atoms with Crippen LogP contribution in [0.25, 0.3) is 0 Å². The molecular formula is C20H31IN4OS. The molecule has 1 aromatic heterocycles. The molecule has 2 aromatic rings. The van der Waals surface area contributed by atoms with Gasteiger partial charge >= 0.3 is 0 Å². The van der Waals surface area contributed by atoms with Gasteiger partial charge in [0.15, 0.2) is 5.96 Å². The van der Waals surface area contributed by atoms with E-state index >= 15 is 0 Å². The molecule has 150 valence electrons. The smallest absolute Gasteiger partial charge is 0.191 e. The second kappa shape index (κ2) is 12.2. The highest BCUT2D eigenvalue weighted by molar-refractivity contribution is 14.0.